The number of hydrogen-bond acceptors (Lipinski definition) is 2. The molecule has 0 saturated heterocycles. The van der Waals surface area contributed by atoms with Crippen LogP contribution >= 0.6 is 0 Å². The molecule has 0 saturated carbocycles. The Balaban J connectivity index is 2.12. The lowest BCUT2D eigenvalue weighted by Gasteiger charge is -2.13. The number of allylic oxidation sites excluding steroid dienone is 7. The van der Waals surface area contributed by atoms with E-state index in [1.807, 2.05) is 0 Å². The summed E-state index contributed by atoms with van der Waals surface area (Å²) in [6, 6.07) is 0. The maximum Gasteiger partial charge on any atom is 0.334 e. The standard InChI is InChI=1S/C28H46O2/c1-5-6-7-8-9-10-11-12-23-30-28(29)27-21-19-26(20-22-27)18-14-17-25(4)16-13-15-24(2)3/h15,17,19,22H,5-14,16,18,20-21,23H2,1-4H3/b25-17+. The lowest BCUT2D eigenvalue weighted by atomic mass is 9.95. The quantitative estimate of drug-likeness (QED) is 0.143. The molecule has 0 fully saturated rings. The smallest absolute Gasteiger partial charge is 0.334 e. The Morgan fingerprint density at radius 2 is 1.60 bits per heavy atom. The van der Waals surface area contributed by atoms with Crippen molar-refractivity contribution in [3.63, 3.8) is 0 Å². The molecule has 0 spiro atoms. The highest BCUT2D eigenvalue weighted by molar-refractivity contribution is 5.89. The van der Waals surface area contributed by atoms with Gasteiger partial charge in [-0.2, -0.15) is 0 Å². The molecule has 0 atom stereocenters. The Kier molecular flexibility index (Phi) is 15.1. The Morgan fingerprint density at radius 3 is 2.23 bits per heavy atom. The van der Waals surface area contributed by atoms with E-state index in [0.717, 1.165) is 50.5 Å². The second kappa shape index (κ2) is 17.1. The number of unbranched alkanes of at least 4 members (excludes halogenated alkanes) is 7. The zero-order valence-corrected chi connectivity index (χ0v) is 20.2. The molecule has 0 unspecified atom stereocenters. The minimum Gasteiger partial charge on any atom is -0.462 e. The molecule has 0 bridgehead atoms. The summed E-state index contributed by atoms with van der Waals surface area (Å²) < 4.78 is 5.48. The Hall–Kier alpha value is -1.57. The average Bonchev–Trinajstić information content (AvgIpc) is 2.72. The topological polar surface area (TPSA) is 26.3 Å². The third-order valence-electron chi connectivity index (χ3n) is 5.76. The van der Waals surface area contributed by atoms with Gasteiger partial charge in [0.25, 0.3) is 0 Å². The van der Waals surface area contributed by atoms with Crippen LogP contribution in [0.25, 0.3) is 0 Å². The van der Waals surface area contributed by atoms with Crippen LogP contribution in [0.15, 0.2) is 46.6 Å². The van der Waals surface area contributed by atoms with Gasteiger partial charge in [0.2, 0.25) is 0 Å². The van der Waals surface area contributed by atoms with Gasteiger partial charge in [0.05, 0.1) is 6.61 Å². The summed E-state index contributed by atoms with van der Waals surface area (Å²) in [7, 11) is 0. The summed E-state index contributed by atoms with van der Waals surface area (Å²) in [5.74, 6) is -0.108. The van der Waals surface area contributed by atoms with Crippen molar-refractivity contribution in [2.24, 2.45) is 0 Å². The van der Waals surface area contributed by atoms with E-state index in [-0.39, 0.29) is 5.97 Å². The van der Waals surface area contributed by atoms with Gasteiger partial charge in [-0.3, -0.25) is 0 Å². The molecule has 0 aromatic carbocycles. The van der Waals surface area contributed by atoms with Crippen LogP contribution in [0.3, 0.4) is 0 Å². The summed E-state index contributed by atoms with van der Waals surface area (Å²) in [4.78, 5) is 12.2. The summed E-state index contributed by atoms with van der Waals surface area (Å²) in [6.45, 7) is 9.36. The lowest BCUT2D eigenvalue weighted by molar-refractivity contribution is -0.139. The second-order valence-corrected chi connectivity index (χ2v) is 9.02. The molecule has 0 radical (unpaired) electrons. The third-order valence-corrected chi connectivity index (χ3v) is 5.76. The molecule has 0 N–H and O–H groups in total. The van der Waals surface area contributed by atoms with Crippen LogP contribution < -0.4 is 0 Å². The molecular formula is C28H46O2. The fraction of sp³-hybridized carbons (Fsp3) is 0.679. The van der Waals surface area contributed by atoms with Crippen LogP contribution in [0.1, 0.15) is 118 Å². The zero-order valence-electron chi connectivity index (χ0n) is 20.2. The van der Waals surface area contributed by atoms with Gasteiger partial charge in [-0.15, -0.1) is 0 Å². The molecule has 0 aromatic heterocycles. The van der Waals surface area contributed by atoms with Crippen molar-refractivity contribution in [1.82, 2.24) is 0 Å². The van der Waals surface area contributed by atoms with Crippen molar-refractivity contribution in [2.45, 2.75) is 118 Å². The molecule has 0 amide bonds. The highest BCUT2D eigenvalue weighted by atomic mass is 16.5. The molecule has 0 aliphatic heterocycles. The number of hydrogen-bond donors (Lipinski definition) is 0. The van der Waals surface area contributed by atoms with E-state index in [2.05, 4.69) is 52.0 Å². The summed E-state index contributed by atoms with van der Waals surface area (Å²) in [5.41, 5.74) is 5.16. The molecule has 0 aromatic rings. The van der Waals surface area contributed by atoms with Gasteiger partial charge in [-0.1, -0.05) is 92.9 Å². The van der Waals surface area contributed by atoms with Crippen molar-refractivity contribution in [1.29, 1.82) is 0 Å². The molecule has 30 heavy (non-hydrogen) atoms. The summed E-state index contributed by atoms with van der Waals surface area (Å²) >= 11 is 0. The molecular weight excluding hydrogens is 368 g/mol. The molecule has 2 heteroatoms. The van der Waals surface area contributed by atoms with Gasteiger partial charge in [0.1, 0.15) is 0 Å². The van der Waals surface area contributed by atoms with Gasteiger partial charge in [0.15, 0.2) is 0 Å². The summed E-state index contributed by atoms with van der Waals surface area (Å²) in [5, 5.41) is 0. The molecule has 170 valence electrons. The number of ether oxygens (including phenoxy) is 1. The van der Waals surface area contributed by atoms with E-state index in [9.17, 15) is 4.79 Å². The van der Waals surface area contributed by atoms with Crippen molar-refractivity contribution in [3.05, 3.63) is 46.6 Å². The van der Waals surface area contributed by atoms with Gasteiger partial charge in [0, 0.05) is 5.57 Å². The Bertz CT molecular complexity index is 600. The SMILES string of the molecule is CCCCCCCCCCOC(=O)C1=CCC(CC/C=C(\C)CCC=C(C)C)=CC1. The lowest BCUT2D eigenvalue weighted by Crippen LogP contribution is -2.10. The van der Waals surface area contributed by atoms with Crippen molar-refractivity contribution < 1.29 is 9.53 Å². The maximum absolute atomic E-state index is 12.2. The first kappa shape index (κ1) is 26.5. The normalized spacial score (nSPS) is 14.2. The van der Waals surface area contributed by atoms with Crippen molar-refractivity contribution >= 4 is 5.97 Å². The fourth-order valence-corrected chi connectivity index (χ4v) is 3.73. The van der Waals surface area contributed by atoms with E-state index < -0.39 is 0 Å². The van der Waals surface area contributed by atoms with Crippen LogP contribution in [-0.2, 0) is 9.53 Å². The molecule has 0 heterocycles. The third kappa shape index (κ3) is 13.6. The van der Waals surface area contributed by atoms with E-state index in [4.69, 9.17) is 4.74 Å². The highest BCUT2D eigenvalue weighted by Crippen LogP contribution is 2.23. The number of esters is 1. The first-order valence-electron chi connectivity index (χ1n) is 12.4. The molecule has 2 nitrogen and oxygen atoms in total. The average molecular weight is 415 g/mol. The largest absolute Gasteiger partial charge is 0.462 e. The number of carbonyl (C=O) groups is 1. The minimum absolute atomic E-state index is 0.108. The van der Waals surface area contributed by atoms with Gasteiger partial charge in [-0.25, -0.2) is 4.79 Å². The van der Waals surface area contributed by atoms with E-state index >= 15 is 0 Å². The maximum atomic E-state index is 12.2. The second-order valence-electron chi connectivity index (χ2n) is 9.02. The van der Waals surface area contributed by atoms with Crippen LogP contribution in [-0.4, -0.2) is 12.6 Å². The first-order valence-corrected chi connectivity index (χ1v) is 12.4. The van der Waals surface area contributed by atoms with Crippen LogP contribution in [0, 0.1) is 0 Å². The number of rotatable bonds is 16. The first-order chi connectivity index (χ1) is 14.5. The van der Waals surface area contributed by atoms with Gasteiger partial charge < -0.3 is 4.74 Å². The monoisotopic (exact) mass is 414 g/mol. The van der Waals surface area contributed by atoms with Crippen molar-refractivity contribution in [3.8, 4) is 0 Å². The van der Waals surface area contributed by atoms with Gasteiger partial charge >= 0.3 is 5.97 Å². The Morgan fingerprint density at radius 1 is 0.900 bits per heavy atom. The van der Waals surface area contributed by atoms with Crippen LogP contribution in [0.5, 0.6) is 0 Å². The predicted octanol–water partition coefficient (Wildman–Crippen LogP) is 8.79. The fourth-order valence-electron chi connectivity index (χ4n) is 3.73. The van der Waals surface area contributed by atoms with Crippen molar-refractivity contribution in [2.75, 3.05) is 6.61 Å². The van der Waals surface area contributed by atoms with E-state index in [1.165, 1.54) is 61.7 Å². The predicted molar refractivity (Wildman–Crippen MR) is 131 cm³/mol. The highest BCUT2D eigenvalue weighted by Gasteiger charge is 2.13. The Labute approximate surface area is 186 Å². The molecule has 1 aliphatic carbocycles. The van der Waals surface area contributed by atoms with E-state index in [1.54, 1.807) is 0 Å². The van der Waals surface area contributed by atoms with Gasteiger partial charge in [-0.05, 0) is 65.7 Å². The van der Waals surface area contributed by atoms with Crippen LogP contribution in [0.4, 0.5) is 0 Å². The zero-order chi connectivity index (χ0) is 22.0. The molecule has 1 rings (SSSR count). The minimum atomic E-state index is -0.108. The van der Waals surface area contributed by atoms with Crippen LogP contribution in [0.2, 0.25) is 0 Å². The summed E-state index contributed by atoms with van der Waals surface area (Å²) in [6.07, 6.45) is 25.2. The molecule has 1 aliphatic rings. The number of carbonyl (C=O) groups excluding carboxylic acids is 1. The van der Waals surface area contributed by atoms with E-state index in [0.29, 0.717) is 6.61 Å².